The number of guanidine groups is 1. The Hall–Kier alpha value is -2.28. The molecule has 1 heterocycles. The Bertz CT molecular complexity index is 673. The lowest BCUT2D eigenvalue weighted by atomic mass is 9.95. The van der Waals surface area contributed by atoms with Gasteiger partial charge in [-0.2, -0.15) is 0 Å². The molecule has 7 nitrogen and oxygen atoms in total. The van der Waals surface area contributed by atoms with Crippen molar-refractivity contribution in [3.63, 3.8) is 0 Å². The highest BCUT2D eigenvalue weighted by atomic mass is 16.6. The van der Waals surface area contributed by atoms with Gasteiger partial charge in [-0.3, -0.25) is 4.99 Å². The van der Waals surface area contributed by atoms with Gasteiger partial charge in [-0.1, -0.05) is 30.3 Å². The second-order valence-corrected chi connectivity index (χ2v) is 8.89. The largest absolute Gasteiger partial charge is 0.444 e. The normalized spacial score (nSPS) is 18.6. The van der Waals surface area contributed by atoms with Crippen LogP contribution in [0.25, 0.3) is 0 Å². The fraction of sp³-hybridized carbons (Fsp3) is 0.652. The summed E-state index contributed by atoms with van der Waals surface area (Å²) in [5, 5.41) is 16.4. The molecule has 30 heavy (non-hydrogen) atoms. The molecular weight excluding hydrogens is 380 g/mol. The van der Waals surface area contributed by atoms with Gasteiger partial charge in [0.25, 0.3) is 0 Å². The second-order valence-electron chi connectivity index (χ2n) is 8.89. The summed E-state index contributed by atoms with van der Waals surface area (Å²) in [6.45, 7) is 8.66. The lowest BCUT2D eigenvalue weighted by Gasteiger charge is -2.34. The monoisotopic (exact) mass is 418 g/mol. The molecule has 1 fully saturated rings. The van der Waals surface area contributed by atoms with Crippen LogP contribution in [0.5, 0.6) is 0 Å². The van der Waals surface area contributed by atoms with E-state index in [9.17, 15) is 9.90 Å². The number of hydrogen-bond acceptors (Lipinski definition) is 4. The topological polar surface area (TPSA) is 86.2 Å². The quantitative estimate of drug-likeness (QED) is 0.468. The van der Waals surface area contributed by atoms with Crippen molar-refractivity contribution in [2.75, 3.05) is 39.8 Å². The Kier molecular flexibility index (Phi) is 9.43. The van der Waals surface area contributed by atoms with Gasteiger partial charge in [0.1, 0.15) is 5.60 Å². The van der Waals surface area contributed by atoms with Crippen LogP contribution in [0.4, 0.5) is 4.79 Å². The minimum absolute atomic E-state index is 0.0190. The molecular formula is C23H38N4O3. The number of carbonyl (C=O) groups excluding carboxylic acids is 1. The van der Waals surface area contributed by atoms with Crippen LogP contribution in [0.1, 0.15) is 51.5 Å². The molecule has 3 N–H and O–H groups in total. The van der Waals surface area contributed by atoms with Crippen LogP contribution in [0.15, 0.2) is 35.3 Å². The van der Waals surface area contributed by atoms with Crippen LogP contribution < -0.4 is 10.6 Å². The van der Waals surface area contributed by atoms with Gasteiger partial charge in [0.2, 0.25) is 0 Å². The number of hydrogen-bond donors (Lipinski definition) is 3. The Morgan fingerprint density at radius 2 is 2.03 bits per heavy atom. The predicted octanol–water partition coefficient (Wildman–Crippen LogP) is 2.96. The number of nitrogens with one attached hydrogen (secondary N) is 2. The number of amides is 1. The van der Waals surface area contributed by atoms with Gasteiger partial charge in [-0.15, -0.1) is 0 Å². The molecule has 168 valence electrons. The molecule has 1 saturated heterocycles. The Labute approximate surface area is 180 Å². The van der Waals surface area contributed by atoms with Crippen molar-refractivity contribution in [3.8, 4) is 0 Å². The molecule has 0 bridgehead atoms. The number of likely N-dealkylation sites (tertiary alicyclic amines) is 1. The molecule has 7 heteroatoms. The molecule has 1 aliphatic heterocycles. The van der Waals surface area contributed by atoms with Gasteiger partial charge in [0.05, 0.1) is 6.61 Å². The summed E-state index contributed by atoms with van der Waals surface area (Å²) in [6, 6.07) is 9.99. The average Bonchev–Trinajstić information content (AvgIpc) is 2.72. The third kappa shape index (κ3) is 8.22. The first-order valence-electron chi connectivity index (χ1n) is 10.9. The van der Waals surface area contributed by atoms with Gasteiger partial charge >= 0.3 is 6.09 Å². The van der Waals surface area contributed by atoms with Crippen molar-refractivity contribution >= 4 is 12.1 Å². The van der Waals surface area contributed by atoms with E-state index in [1.165, 1.54) is 0 Å². The summed E-state index contributed by atoms with van der Waals surface area (Å²) >= 11 is 0. The number of rotatable bonds is 7. The number of aliphatic hydroxyl groups excluding tert-OH is 1. The van der Waals surface area contributed by atoms with E-state index in [1.807, 2.05) is 56.0 Å². The lowest BCUT2D eigenvalue weighted by molar-refractivity contribution is 0.0162. The molecule has 0 aromatic heterocycles. The summed E-state index contributed by atoms with van der Waals surface area (Å²) in [5.74, 6) is 1.20. The first kappa shape index (κ1) is 24.0. The fourth-order valence-corrected chi connectivity index (χ4v) is 3.64. The number of nitrogens with zero attached hydrogens (tertiary/aromatic N) is 2. The zero-order valence-corrected chi connectivity index (χ0v) is 18.9. The number of ether oxygens (including phenoxy) is 1. The minimum Gasteiger partial charge on any atom is -0.444 e. The molecule has 0 aliphatic carbocycles. The molecule has 1 aliphatic rings. The van der Waals surface area contributed by atoms with Crippen LogP contribution in [0.3, 0.4) is 0 Å². The molecule has 1 amide bonds. The smallest absolute Gasteiger partial charge is 0.410 e. The summed E-state index contributed by atoms with van der Waals surface area (Å²) in [6.07, 6.45) is 2.87. The minimum atomic E-state index is -0.462. The second kappa shape index (κ2) is 11.8. The summed E-state index contributed by atoms with van der Waals surface area (Å²) in [5.41, 5.74) is 0.642. The molecule has 1 aromatic rings. The maximum absolute atomic E-state index is 12.3. The fourth-order valence-electron chi connectivity index (χ4n) is 3.64. The molecule has 0 saturated carbocycles. The van der Waals surface area contributed by atoms with Crippen molar-refractivity contribution in [3.05, 3.63) is 35.9 Å². The first-order chi connectivity index (χ1) is 14.3. The Morgan fingerprint density at radius 1 is 1.30 bits per heavy atom. The van der Waals surface area contributed by atoms with Gasteiger partial charge < -0.3 is 25.4 Å². The van der Waals surface area contributed by atoms with Gasteiger partial charge in [0, 0.05) is 39.1 Å². The third-order valence-corrected chi connectivity index (χ3v) is 5.25. The van der Waals surface area contributed by atoms with Crippen molar-refractivity contribution in [1.29, 1.82) is 0 Å². The summed E-state index contributed by atoms with van der Waals surface area (Å²) < 4.78 is 5.51. The molecule has 0 radical (unpaired) electrons. The van der Waals surface area contributed by atoms with Crippen LogP contribution in [-0.4, -0.2) is 67.5 Å². The highest BCUT2D eigenvalue weighted by molar-refractivity contribution is 5.79. The van der Waals surface area contributed by atoms with Crippen LogP contribution in [-0.2, 0) is 4.74 Å². The molecule has 0 spiro atoms. The van der Waals surface area contributed by atoms with Gasteiger partial charge in [0.15, 0.2) is 5.96 Å². The number of aliphatic hydroxyl groups is 1. The molecule has 2 rings (SSSR count). The molecule has 2 unspecified atom stereocenters. The van der Waals surface area contributed by atoms with Gasteiger partial charge in [-0.25, -0.2) is 4.79 Å². The van der Waals surface area contributed by atoms with E-state index in [2.05, 4.69) is 15.6 Å². The van der Waals surface area contributed by atoms with E-state index >= 15 is 0 Å². The van der Waals surface area contributed by atoms with E-state index in [0.717, 1.165) is 50.4 Å². The van der Waals surface area contributed by atoms with Gasteiger partial charge in [-0.05, 0) is 51.5 Å². The van der Waals surface area contributed by atoms with E-state index in [-0.39, 0.29) is 18.6 Å². The van der Waals surface area contributed by atoms with Crippen molar-refractivity contribution in [2.24, 2.45) is 10.9 Å². The molecule has 1 aromatic carbocycles. The average molecular weight is 419 g/mol. The highest BCUT2D eigenvalue weighted by Gasteiger charge is 2.27. The number of piperidine rings is 1. The number of aliphatic imine (C=N–C) groups is 1. The standard InChI is InChI=1S/C23H38N4O3/c1-23(2,3)30-22(29)27-14-8-9-18(16-27)12-13-25-21(24-4)26-15-20(17-28)19-10-6-5-7-11-19/h5-7,10-11,18,20,28H,8-9,12-17H2,1-4H3,(H2,24,25,26). The zero-order chi connectivity index (χ0) is 22.0. The maximum Gasteiger partial charge on any atom is 0.410 e. The summed E-state index contributed by atoms with van der Waals surface area (Å²) in [4.78, 5) is 18.4. The summed E-state index contributed by atoms with van der Waals surface area (Å²) in [7, 11) is 1.75. The number of carbonyl (C=O) groups is 1. The van der Waals surface area contributed by atoms with Crippen LogP contribution in [0.2, 0.25) is 0 Å². The van der Waals surface area contributed by atoms with Crippen LogP contribution in [0, 0.1) is 5.92 Å². The number of benzene rings is 1. The lowest BCUT2D eigenvalue weighted by Crippen LogP contribution is -2.44. The van der Waals surface area contributed by atoms with Crippen molar-refractivity contribution in [2.45, 2.75) is 51.6 Å². The highest BCUT2D eigenvalue weighted by Crippen LogP contribution is 2.21. The first-order valence-corrected chi connectivity index (χ1v) is 10.9. The zero-order valence-electron chi connectivity index (χ0n) is 18.9. The van der Waals surface area contributed by atoms with Crippen molar-refractivity contribution < 1.29 is 14.6 Å². The van der Waals surface area contributed by atoms with Crippen molar-refractivity contribution in [1.82, 2.24) is 15.5 Å². The van der Waals surface area contributed by atoms with Crippen LogP contribution >= 0.6 is 0 Å². The van der Waals surface area contributed by atoms with E-state index < -0.39 is 5.60 Å². The van der Waals surface area contributed by atoms with E-state index in [1.54, 1.807) is 7.05 Å². The van der Waals surface area contributed by atoms with E-state index in [0.29, 0.717) is 12.5 Å². The third-order valence-electron chi connectivity index (χ3n) is 5.25. The Morgan fingerprint density at radius 3 is 2.67 bits per heavy atom. The predicted molar refractivity (Wildman–Crippen MR) is 121 cm³/mol. The maximum atomic E-state index is 12.3. The molecule has 2 atom stereocenters. The van der Waals surface area contributed by atoms with E-state index in [4.69, 9.17) is 4.74 Å². The SMILES string of the molecule is CN=C(NCCC1CCCN(C(=O)OC(C)(C)C)C1)NCC(CO)c1ccccc1. The Balaban J connectivity index is 1.74.